The quantitative estimate of drug-likeness (QED) is 0.246. The van der Waals surface area contributed by atoms with Gasteiger partial charge >= 0.3 is 0 Å². The highest BCUT2D eigenvalue weighted by Gasteiger charge is 2.08. The molecule has 0 aromatic carbocycles. The molecular weight excluding hydrogens is 384 g/mol. The van der Waals surface area contributed by atoms with Crippen LogP contribution in [0.1, 0.15) is 122 Å². The fraction of sp³-hybridized carbons (Fsp3) is 0.562. The smallest absolute Gasteiger partial charge is 0.0175 e. The topological polar surface area (TPSA) is 0 Å². The first-order chi connectivity index (χ1) is 14.9. The van der Waals surface area contributed by atoms with Crippen LogP contribution in [0.5, 0.6) is 0 Å². The summed E-state index contributed by atoms with van der Waals surface area (Å²) in [6, 6.07) is 0. The fourth-order valence-corrected chi connectivity index (χ4v) is 2.30. The normalized spacial score (nSPS) is 10.6. The zero-order valence-electron chi connectivity index (χ0n) is 24.2. The van der Waals surface area contributed by atoms with E-state index in [9.17, 15) is 0 Å². The fourth-order valence-electron chi connectivity index (χ4n) is 2.30. The summed E-state index contributed by atoms with van der Waals surface area (Å²) in [6.07, 6.45) is 16.0. The van der Waals surface area contributed by atoms with Crippen molar-refractivity contribution in [1.82, 2.24) is 0 Å². The van der Waals surface area contributed by atoms with E-state index in [4.69, 9.17) is 0 Å². The van der Waals surface area contributed by atoms with Gasteiger partial charge in [0.2, 0.25) is 0 Å². The summed E-state index contributed by atoms with van der Waals surface area (Å²) in [5.74, 6) is 0. The average molecular weight is 443 g/mol. The van der Waals surface area contributed by atoms with Crippen LogP contribution < -0.4 is 0 Å². The van der Waals surface area contributed by atoms with Gasteiger partial charge in [0.1, 0.15) is 0 Å². The Balaban J connectivity index is -0.000000201. The molecule has 0 bridgehead atoms. The first-order valence-electron chi connectivity index (χ1n) is 12.5. The largest absolute Gasteiger partial charge is 0.100 e. The molecule has 0 aliphatic carbocycles. The standard InChI is InChI=1S/C16H24.C7H14.C5H10.C4H10/c1-8-10-11-14(7)15(9-2)16(12(3)4)13(5)6;1-4-5-6-7(2)3;1-4-5(2)3;1-3-4-2/h8-11H,3H2,1-2,4-7H3;2,4-6H2,1,3H3;2,4H2,1,3H3;3-4H2,1-2H3/b10-8-,14-11+,15-9-;;;. The Morgan fingerprint density at radius 2 is 1.19 bits per heavy atom. The molecular formula is C32H58. The highest BCUT2D eigenvalue weighted by atomic mass is 14.1. The molecule has 0 atom stereocenters. The maximum Gasteiger partial charge on any atom is -0.0175 e. The first-order valence-corrected chi connectivity index (χ1v) is 12.5. The van der Waals surface area contributed by atoms with Gasteiger partial charge in [0, 0.05) is 0 Å². The van der Waals surface area contributed by atoms with Crippen LogP contribution in [0.25, 0.3) is 0 Å². The monoisotopic (exact) mass is 442 g/mol. The minimum absolute atomic E-state index is 1.11. The second kappa shape index (κ2) is 27.2. The maximum absolute atomic E-state index is 4.06. The van der Waals surface area contributed by atoms with Gasteiger partial charge in [0.25, 0.3) is 0 Å². The summed E-state index contributed by atoms with van der Waals surface area (Å²) in [5.41, 5.74) is 8.84. The highest BCUT2D eigenvalue weighted by Crippen LogP contribution is 2.27. The number of hydrogen-bond donors (Lipinski definition) is 0. The summed E-state index contributed by atoms with van der Waals surface area (Å²) >= 11 is 0. The lowest BCUT2D eigenvalue weighted by Crippen LogP contribution is -1.95. The van der Waals surface area contributed by atoms with Crippen molar-refractivity contribution in [3.05, 3.63) is 83.1 Å². The van der Waals surface area contributed by atoms with Crippen LogP contribution in [0, 0.1) is 0 Å². The summed E-state index contributed by atoms with van der Waals surface area (Å²) in [7, 11) is 0. The highest BCUT2D eigenvalue weighted by molar-refractivity contribution is 5.56. The van der Waals surface area contributed by atoms with Gasteiger partial charge < -0.3 is 0 Å². The minimum atomic E-state index is 1.11. The summed E-state index contributed by atoms with van der Waals surface area (Å²) < 4.78 is 0. The molecule has 0 aliphatic rings. The zero-order valence-corrected chi connectivity index (χ0v) is 24.2. The lowest BCUT2D eigenvalue weighted by atomic mass is 9.90. The van der Waals surface area contributed by atoms with E-state index in [2.05, 4.69) is 107 Å². The first kappa shape index (κ1) is 37.5. The number of rotatable bonds is 9. The second-order valence-corrected chi connectivity index (χ2v) is 8.60. The lowest BCUT2D eigenvalue weighted by molar-refractivity contribution is 0.789. The molecule has 0 unspecified atom stereocenters. The third-order valence-electron chi connectivity index (χ3n) is 4.51. The van der Waals surface area contributed by atoms with Gasteiger partial charge in [0.15, 0.2) is 0 Å². The molecule has 0 rings (SSSR count). The van der Waals surface area contributed by atoms with E-state index in [-0.39, 0.29) is 0 Å². The molecule has 0 spiro atoms. The van der Waals surface area contributed by atoms with Crippen molar-refractivity contribution in [2.45, 2.75) is 122 Å². The molecule has 0 heterocycles. The van der Waals surface area contributed by atoms with Crippen molar-refractivity contribution < 1.29 is 0 Å². The van der Waals surface area contributed by atoms with E-state index in [1.165, 1.54) is 65.5 Å². The van der Waals surface area contributed by atoms with E-state index in [1.54, 1.807) is 0 Å². The van der Waals surface area contributed by atoms with Crippen molar-refractivity contribution in [2.24, 2.45) is 0 Å². The van der Waals surface area contributed by atoms with Crippen LogP contribution in [0.4, 0.5) is 0 Å². The van der Waals surface area contributed by atoms with E-state index in [1.807, 2.05) is 19.9 Å². The Bertz CT molecular complexity index is 608. The van der Waals surface area contributed by atoms with Crippen molar-refractivity contribution in [3.63, 3.8) is 0 Å². The van der Waals surface area contributed by atoms with Gasteiger partial charge in [-0.2, -0.15) is 0 Å². The van der Waals surface area contributed by atoms with Crippen molar-refractivity contribution in [1.29, 1.82) is 0 Å². The molecule has 0 nitrogen and oxygen atoms in total. The van der Waals surface area contributed by atoms with Gasteiger partial charge in [-0.25, -0.2) is 0 Å². The Morgan fingerprint density at radius 3 is 1.38 bits per heavy atom. The van der Waals surface area contributed by atoms with Gasteiger partial charge in [-0.15, -0.1) is 13.2 Å². The number of allylic oxidation sites excluding steroid dienone is 11. The minimum Gasteiger partial charge on any atom is -0.100 e. The van der Waals surface area contributed by atoms with Crippen molar-refractivity contribution in [3.8, 4) is 0 Å². The second-order valence-electron chi connectivity index (χ2n) is 8.60. The maximum atomic E-state index is 4.06. The van der Waals surface area contributed by atoms with Crippen LogP contribution >= 0.6 is 0 Å². The Labute approximate surface area is 204 Å². The van der Waals surface area contributed by atoms with E-state index in [0.717, 1.165) is 12.0 Å². The molecule has 0 fully saturated rings. The zero-order chi connectivity index (χ0) is 26.1. The Morgan fingerprint density at radius 1 is 0.719 bits per heavy atom. The predicted octanol–water partition coefficient (Wildman–Crippen LogP) is 11.9. The van der Waals surface area contributed by atoms with Gasteiger partial charge in [-0.3, -0.25) is 0 Å². The molecule has 0 aliphatic heterocycles. The number of unbranched alkanes of at least 4 members (excludes halogenated alkanes) is 2. The molecule has 0 saturated heterocycles. The SMILES string of the molecule is C=C(C)C(=C(C)C)C(=C\C)/C(C)=C/C=C\C.C=C(C)CC.C=C(C)CCCC.CCCC. The Kier molecular flexibility index (Phi) is 31.9. The molecule has 0 heteroatoms. The molecule has 0 aromatic heterocycles. The van der Waals surface area contributed by atoms with Crippen LogP contribution in [0.3, 0.4) is 0 Å². The van der Waals surface area contributed by atoms with Crippen LogP contribution in [0.2, 0.25) is 0 Å². The molecule has 0 aromatic rings. The average Bonchev–Trinajstić information content (AvgIpc) is 2.74. The summed E-state index contributed by atoms with van der Waals surface area (Å²) in [4.78, 5) is 0. The molecule has 0 saturated carbocycles. The summed E-state index contributed by atoms with van der Waals surface area (Å²) in [6.45, 7) is 36.9. The Hall–Kier alpha value is -1.82. The van der Waals surface area contributed by atoms with Crippen molar-refractivity contribution >= 4 is 0 Å². The van der Waals surface area contributed by atoms with Crippen LogP contribution in [0.15, 0.2) is 83.1 Å². The third-order valence-corrected chi connectivity index (χ3v) is 4.51. The lowest BCUT2D eigenvalue weighted by Gasteiger charge is -2.14. The third kappa shape index (κ3) is 28.2. The van der Waals surface area contributed by atoms with E-state index >= 15 is 0 Å². The predicted molar refractivity (Wildman–Crippen MR) is 156 cm³/mol. The van der Waals surface area contributed by atoms with Gasteiger partial charge in [0.05, 0.1) is 0 Å². The molecule has 0 radical (unpaired) electrons. The van der Waals surface area contributed by atoms with E-state index in [0.29, 0.717) is 0 Å². The molecule has 0 amide bonds. The van der Waals surface area contributed by atoms with E-state index < -0.39 is 0 Å². The van der Waals surface area contributed by atoms with Gasteiger partial charge in [-0.1, -0.05) is 100 Å². The van der Waals surface area contributed by atoms with Crippen LogP contribution in [-0.2, 0) is 0 Å². The number of hydrogen-bond acceptors (Lipinski definition) is 0. The van der Waals surface area contributed by atoms with Crippen molar-refractivity contribution in [2.75, 3.05) is 0 Å². The molecule has 32 heavy (non-hydrogen) atoms. The molecule has 0 N–H and O–H groups in total. The molecule has 186 valence electrons. The van der Waals surface area contributed by atoms with Crippen LogP contribution in [-0.4, -0.2) is 0 Å². The summed E-state index contributed by atoms with van der Waals surface area (Å²) in [5, 5.41) is 0. The van der Waals surface area contributed by atoms with Gasteiger partial charge in [-0.05, 0) is 91.4 Å².